The number of halogens is 2. The van der Waals surface area contributed by atoms with Gasteiger partial charge in [-0.1, -0.05) is 36.5 Å². The first kappa shape index (κ1) is 32.4. The second-order valence-electron chi connectivity index (χ2n) is 11.8. The maximum Gasteiger partial charge on any atom is 0.305 e. The molecule has 2 aliphatic rings. The van der Waals surface area contributed by atoms with Crippen molar-refractivity contribution in [3.8, 4) is 22.9 Å². The smallest absolute Gasteiger partial charge is 0.305 e. The summed E-state index contributed by atoms with van der Waals surface area (Å²) < 4.78 is 11.1. The van der Waals surface area contributed by atoms with Gasteiger partial charge in [0.2, 0.25) is 11.8 Å². The van der Waals surface area contributed by atoms with Crippen molar-refractivity contribution < 1.29 is 14.3 Å². The molecule has 0 saturated carbocycles. The number of likely N-dealkylation sites (tertiary alicyclic amines) is 1. The Labute approximate surface area is 270 Å². The fourth-order valence-corrected chi connectivity index (χ4v) is 6.61. The van der Waals surface area contributed by atoms with E-state index < -0.39 is 0 Å². The largest absolute Gasteiger partial charge is 0.469 e. The van der Waals surface area contributed by atoms with Crippen molar-refractivity contribution in [1.29, 1.82) is 0 Å². The Kier molecular flexibility index (Phi) is 11.3. The molecule has 0 bridgehead atoms. The van der Waals surface area contributed by atoms with Crippen LogP contribution < -0.4 is 9.64 Å². The average molecular weight is 642 g/mol. The number of carbonyl (C=O) groups excluding carboxylic acids is 1. The molecule has 1 atom stereocenters. The van der Waals surface area contributed by atoms with Crippen LogP contribution in [0.5, 0.6) is 11.6 Å². The predicted molar refractivity (Wildman–Crippen MR) is 175 cm³/mol. The van der Waals surface area contributed by atoms with Gasteiger partial charge in [-0.15, -0.1) is 0 Å². The van der Waals surface area contributed by atoms with Crippen LogP contribution in [-0.2, 0) is 16.1 Å². The van der Waals surface area contributed by atoms with E-state index in [0.717, 1.165) is 75.5 Å². The topological polar surface area (TPSA) is 83.9 Å². The van der Waals surface area contributed by atoms with Gasteiger partial charge in [0.1, 0.15) is 0 Å². The van der Waals surface area contributed by atoms with Gasteiger partial charge in [0.15, 0.2) is 5.75 Å². The number of aromatic nitrogens is 3. The lowest BCUT2D eigenvalue weighted by Gasteiger charge is -2.38. The number of nitrogens with zero attached hydrogens (tertiary/aromatic N) is 6. The number of carbonyl (C=O) groups is 1. The molecule has 0 N–H and O–H groups in total. The van der Waals surface area contributed by atoms with Crippen LogP contribution in [0.4, 0.5) is 5.95 Å². The molecule has 0 radical (unpaired) electrons. The van der Waals surface area contributed by atoms with Crippen molar-refractivity contribution in [2.75, 3.05) is 51.3 Å². The fraction of sp³-hybridized carbons (Fsp3) is 0.515. The van der Waals surface area contributed by atoms with Crippen molar-refractivity contribution in [3.05, 3.63) is 58.3 Å². The first-order valence-electron chi connectivity index (χ1n) is 15.5. The molecule has 4 heterocycles. The number of ether oxygens (including phenoxy) is 2. The van der Waals surface area contributed by atoms with Crippen LogP contribution >= 0.6 is 23.2 Å². The zero-order valence-electron chi connectivity index (χ0n) is 25.8. The Hall–Kier alpha value is -2.98. The van der Waals surface area contributed by atoms with Gasteiger partial charge in [0.05, 0.1) is 25.2 Å². The van der Waals surface area contributed by atoms with E-state index in [4.69, 9.17) is 37.7 Å². The summed E-state index contributed by atoms with van der Waals surface area (Å²) in [6.07, 6.45) is 8.24. The number of hydrogen-bond donors (Lipinski definition) is 0. The molecule has 2 aromatic heterocycles. The molecular weight excluding hydrogens is 599 g/mol. The Morgan fingerprint density at radius 3 is 2.30 bits per heavy atom. The number of piperidine rings is 1. The van der Waals surface area contributed by atoms with Gasteiger partial charge in [-0.05, 0) is 75.0 Å². The van der Waals surface area contributed by atoms with Gasteiger partial charge in [-0.3, -0.25) is 14.6 Å². The van der Waals surface area contributed by atoms with E-state index in [1.807, 2.05) is 18.2 Å². The van der Waals surface area contributed by atoms with Crippen LogP contribution in [0.1, 0.15) is 51.5 Å². The molecule has 2 fully saturated rings. The molecule has 3 aromatic rings. The van der Waals surface area contributed by atoms with Crippen LogP contribution in [-0.4, -0.2) is 83.1 Å². The highest BCUT2D eigenvalue weighted by atomic mass is 35.5. The molecule has 9 nitrogen and oxygen atoms in total. The maximum atomic E-state index is 11.7. The van der Waals surface area contributed by atoms with Gasteiger partial charge in [-0.2, -0.15) is 0 Å². The molecule has 5 rings (SSSR count). The van der Waals surface area contributed by atoms with Crippen LogP contribution in [0, 0.1) is 5.92 Å². The summed E-state index contributed by atoms with van der Waals surface area (Å²) in [6.45, 7) is 10.9. The average Bonchev–Trinajstić information content (AvgIpc) is 3.02. The minimum atomic E-state index is -0.138. The lowest BCUT2D eigenvalue weighted by Crippen LogP contribution is -2.50. The molecule has 0 amide bonds. The normalized spacial score (nSPS) is 17.4. The lowest BCUT2D eigenvalue weighted by atomic mass is 9.93. The third kappa shape index (κ3) is 8.81. The van der Waals surface area contributed by atoms with Crippen molar-refractivity contribution >= 4 is 35.1 Å². The van der Waals surface area contributed by atoms with E-state index >= 15 is 0 Å². The van der Waals surface area contributed by atoms with E-state index in [1.54, 1.807) is 18.5 Å². The van der Waals surface area contributed by atoms with Crippen LogP contribution in [0.15, 0.2) is 42.7 Å². The minimum Gasteiger partial charge on any atom is -0.469 e. The molecule has 1 aromatic carbocycles. The Morgan fingerprint density at radius 2 is 1.66 bits per heavy atom. The van der Waals surface area contributed by atoms with Gasteiger partial charge in [0, 0.05) is 66.9 Å². The number of esters is 1. The molecule has 1 unspecified atom stereocenters. The highest BCUT2D eigenvalue weighted by molar-refractivity contribution is 6.35. The van der Waals surface area contributed by atoms with Gasteiger partial charge in [-0.25, -0.2) is 15.0 Å². The second-order valence-corrected chi connectivity index (χ2v) is 12.7. The zero-order valence-corrected chi connectivity index (χ0v) is 27.4. The Bertz CT molecular complexity index is 1370. The summed E-state index contributed by atoms with van der Waals surface area (Å²) in [6, 6.07) is 10.0. The van der Waals surface area contributed by atoms with Crippen LogP contribution in [0.2, 0.25) is 10.0 Å². The third-order valence-electron chi connectivity index (χ3n) is 8.58. The number of anilines is 1. The molecule has 11 heteroatoms. The van der Waals surface area contributed by atoms with Crippen LogP contribution in [0.3, 0.4) is 0 Å². The number of pyridine rings is 1. The standard InChI is InChI=1S/C33H42Cl2N6O3/c1-4-5-23(2)40-10-12-41(13-11-40)33-36-20-29(21-37-33)44-31-15-25(14-30(38-31)26-17-27(34)19-28(35)18-26)22-39-8-6-24(7-9-39)16-32(42)43-3/h14-15,17-21,23-24H,4-13,16,22H2,1-3H3. The first-order chi connectivity index (χ1) is 21.3. The summed E-state index contributed by atoms with van der Waals surface area (Å²) in [5.74, 6) is 1.90. The summed E-state index contributed by atoms with van der Waals surface area (Å²) in [5, 5.41) is 1.08. The van der Waals surface area contributed by atoms with Gasteiger partial charge in [0.25, 0.3) is 0 Å². The van der Waals surface area contributed by atoms with E-state index in [0.29, 0.717) is 46.0 Å². The first-order valence-corrected chi connectivity index (χ1v) is 16.3. The Morgan fingerprint density at radius 1 is 0.977 bits per heavy atom. The third-order valence-corrected chi connectivity index (χ3v) is 9.02. The molecule has 0 aliphatic carbocycles. The Balaban J connectivity index is 1.28. The lowest BCUT2D eigenvalue weighted by molar-refractivity contribution is -0.142. The van der Waals surface area contributed by atoms with Crippen LogP contribution in [0.25, 0.3) is 11.3 Å². The second kappa shape index (κ2) is 15.3. The quantitative estimate of drug-likeness (QED) is 0.212. The van der Waals surface area contributed by atoms with Crippen molar-refractivity contribution in [1.82, 2.24) is 24.8 Å². The molecule has 0 spiro atoms. The number of benzene rings is 1. The number of hydrogen-bond acceptors (Lipinski definition) is 9. The minimum absolute atomic E-state index is 0.138. The van der Waals surface area contributed by atoms with E-state index in [9.17, 15) is 4.79 Å². The molecule has 44 heavy (non-hydrogen) atoms. The van der Waals surface area contributed by atoms with Crippen molar-refractivity contribution in [3.63, 3.8) is 0 Å². The highest BCUT2D eigenvalue weighted by Gasteiger charge is 2.24. The summed E-state index contributed by atoms with van der Waals surface area (Å²) in [4.78, 5) is 32.9. The van der Waals surface area contributed by atoms with Gasteiger partial charge < -0.3 is 14.4 Å². The summed E-state index contributed by atoms with van der Waals surface area (Å²) >= 11 is 12.7. The predicted octanol–water partition coefficient (Wildman–Crippen LogP) is 6.72. The van der Waals surface area contributed by atoms with Gasteiger partial charge >= 0.3 is 5.97 Å². The fourth-order valence-electron chi connectivity index (χ4n) is 6.09. The number of piperazine rings is 1. The SMILES string of the molecule is CCCC(C)N1CCN(c2ncc(Oc3cc(CN4CCC(CC(=O)OC)CC4)cc(-c4cc(Cl)cc(Cl)c4)n3)cn2)CC1. The monoisotopic (exact) mass is 640 g/mol. The molecule has 2 saturated heterocycles. The molecule has 236 valence electrons. The maximum absolute atomic E-state index is 11.7. The molecular formula is C33H42Cl2N6O3. The highest BCUT2D eigenvalue weighted by Crippen LogP contribution is 2.31. The number of methoxy groups -OCH3 is 1. The van der Waals surface area contributed by atoms with E-state index in [-0.39, 0.29) is 5.97 Å². The molecule has 2 aliphatic heterocycles. The zero-order chi connectivity index (χ0) is 31.1. The van der Waals surface area contributed by atoms with E-state index in [1.165, 1.54) is 20.0 Å². The van der Waals surface area contributed by atoms with E-state index in [2.05, 4.69) is 44.6 Å². The summed E-state index contributed by atoms with van der Waals surface area (Å²) in [5.41, 5.74) is 2.58. The summed E-state index contributed by atoms with van der Waals surface area (Å²) in [7, 11) is 1.45. The number of rotatable bonds is 11. The van der Waals surface area contributed by atoms with Crippen molar-refractivity contribution in [2.45, 2.75) is 58.5 Å². The van der Waals surface area contributed by atoms with Crippen molar-refractivity contribution in [2.24, 2.45) is 5.92 Å².